The number of fused-ring (bicyclic) bond motifs is 1. The first-order valence-corrected chi connectivity index (χ1v) is 6.25. The summed E-state index contributed by atoms with van der Waals surface area (Å²) in [4.78, 5) is 19.5. The van der Waals surface area contributed by atoms with E-state index >= 15 is 0 Å². The van der Waals surface area contributed by atoms with Gasteiger partial charge in [0, 0.05) is 11.5 Å². The number of methoxy groups -OCH3 is 2. The number of hydrazine groups is 1. The van der Waals surface area contributed by atoms with Gasteiger partial charge >= 0.3 is 6.09 Å². The maximum Gasteiger partial charge on any atom is 0.425 e. The van der Waals surface area contributed by atoms with Gasteiger partial charge in [0.2, 0.25) is 0 Å². The fraction of sp³-hybridized carbons (Fsp3) is 0.308. The monoisotopic (exact) mass is 292 g/mol. The number of carbonyl (C=O) groups excluding carboxylic acids is 1. The lowest BCUT2D eigenvalue weighted by atomic mass is 10.2. The van der Waals surface area contributed by atoms with Crippen molar-refractivity contribution in [3.63, 3.8) is 0 Å². The van der Waals surface area contributed by atoms with Crippen molar-refractivity contribution in [2.45, 2.75) is 6.92 Å². The second-order valence-electron chi connectivity index (χ2n) is 3.92. The Morgan fingerprint density at radius 1 is 1.19 bits per heavy atom. The second-order valence-corrected chi connectivity index (χ2v) is 3.92. The molecule has 0 atom stereocenters. The number of anilines is 1. The van der Waals surface area contributed by atoms with Gasteiger partial charge in [0.1, 0.15) is 6.33 Å². The molecule has 0 aliphatic carbocycles. The van der Waals surface area contributed by atoms with E-state index in [4.69, 9.17) is 14.2 Å². The Morgan fingerprint density at radius 2 is 1.90 bits per heavy atom. The molecule has 0 aliphatic rings. The van der Waals surface area contributed by atoms with Crippen LogP contribution in [0.1, 0.15) is 6.92 Å². The SMILES string of the molecule is CCOC(=O)NNc1ncnc2cc(OC)c(OC)cc12. The summed E-state index contributed by atoms with van der Waals surface area (Å²) in [7, 11) is 3.09. The number of benzene rings is 1. The van der Waals surface area contributed by atoms with Gasteiger partial charge in [0.25, 0.3) is 0 Å². The Labute approximate surface area is 121 Å². The highest BCUT2D eigenvalue weighted by molar-refractivity contribution is 5.92. The van der Waals surface area contributed by atoms with Gasteiger partial charge < -0.3 is 14.2 Å². The molecular weight excluding hydrogens is 276 g/mol. The summed E-state index contributed by atoms with van der Waals surface area (Å²) in [5.41, 5.74) is 5.72. The molecule has 0 aliphatic heterocycles. The zero-order valence-corrected chi connectivity index (χ0v) is 12.0. The Morgan fingerprint density at radius 3 is 2.57 bits per heavy atom. The lowest BCUT2D eigenvalue weighted by Crippen LogP contribution is -2.30. The van der Waals surface area contributed by atoms with Gasteiger partial charge in [-0.3, -0.25) is 5.43 Å². The summed E-state index contributed by atoms with van der Waals surface area (Å²) in [6.07, 6.45) is 0.786. The number of aromatic nitrogens is 2. The predicted octanol–water partition coefficient (Wildman–Crippen LogP) is 1.72. The Kier molecular flexibility index (Phi) is 4.60. The summed E-state index contributed by atoms with van der Waals surface area (Å²) in [5, 5.41) is 0.673. The summed E-state index contributed by atoms with van der Waals surface area (Å²) in [5.74, 6) is 1.53. The molecule has 0 saturated carbocycles. The van der Waals surface area contributed by atoms with Crippen LogP contribution in [0.15, 0.2) is 18.5 Å². The standard InChI is InChI=1S/C13H16N4O4/c1-4-21-13(18)17-16-12-8-5-10(19-2)11(20-3)6-9(8)14-7-15-12/h5-7H,4H2,1-3H3,(H,17,18)(H,14,15,16). The van der Waals surface area contributed by atoms with Gasteiger partial charge in [-0.15, -0.1) is 0 Å². The normalized spacial score (nSPS) is 10.0. The summed E-state index contributed by atoms with van der Waals surface area (Å²) in [6.45, 7) is 2.00. The first kappa shape index (κ1) is 14.6. The molecule has 0 saturated heterocycles. The number of hydrogen-bond acceptors (Lipinski definition) is 7. The second kappa shape index (κ2) is 6.60. The van der Waals surface area contributed by atoms with Crippen molar-refractivity contribution in [1.29, 1.82) is 0 Å². The number of carbonyl (C=O) groups is 1. The molecule has 0 unspecified atom stereocenters. The van der Waals surface area contributed by atoms with Crippen LogP contribution in [0.25, 0.3) is 10.9 Å². The molecule has 21 heavy (non-hydrogen) atoms. The van der Waals surface area contributed by atoms with E-state index in [9.17, 15) is 4.79 Å². The van der Waals surface area contributed by atoms with Crippen LogP contribution in [0, 0.1) is 0 Å². The Balaban J connectivity index is 2.33. The highest BCUT2D eigenvalue weighted by Gasteiger charge is 2.11. The number of nitrogens with one attached hydrogen (secondary N) is 2. The van der Waals surface area contributed by atoms with E-state index in [0.717, 1.165) is 0 Å². The zero-order valence-electron chi connectivity index (χ0n) is 12.0. The van der Waals surface area contributed by atoms with E-state index in [2.05, 4.69) is 20.8 Å². The van der Waals surface area contributed by atoms with E-state index in [1.54, 1.807) is 26.2 Å². The molecule has 1 heterocycles. The lowest BCUT2D eigenvalue weighted by molar-refractivity contribution is 0.154. The average molecular weight is 292 g/mol. The van der Waals surface area contributed by atoms with E-state index in [0.29, 0.717) is 28.2 Å². The molecule has 2 rings (SSSR count). The molecule has 8 nitrogen and oxygen atoms in total. The molecular formula is C13H16N4O4. The molecule has 2 N–H and O–H groups in total. The van der Waals surface area contributed by atoms with Gasteiger partial charge in [0.05, 0.1) is 26.3 Å². The number of ether oxygens (including phenoxy) is 3. The Hall–Kier alpha value is -2.77. The molecule has 0 radical (unpaired) electrons. The number of nitrogens with zero attached hydrogens (tertiary/aromatic N) is 2. The zero-order chi connectivity index (χ0) is 15.2. The van der Waals surface area contributed by atoms with Crippen LogP contribution >= 0.6 is 0 Å². The van der Waals surface area contributed by atoms with Crippen LogP contribution in [0.2, 0.25) is 0 Å². The summed E-state index contributed by atoms with van der Waals surface area (Å²) in [6, 6.07) is 3.45. The van der Waals surface area contributed by atoms with E-state index in [1.165, 1.54) is 13.4 Å². The largest absolute Gasteiger partial charge is 0.493 e. The first-order valence-electron chi connectivity index (χ1n) is 6.25. The van der Waals surface area contributed by atoms with Gasteiger partial charge in [-0.25, -0.2) is 20.2 Å². The molecule has 0 bridgehead atoms. The maximum atomic E-state index is 11.3. The lowest BCUT2D eigenvalue weighted by Gasteiger charge is -2.12. The quantitative estimate of drug-likeness (QED) is 0.810. The van der Waals surface area contributed by atoms with Crippen LogP contribution in [0.3, 0.4) is 0 Å². The molecule has 112 valence electrons. The summed E-state index contributed by atoms with van der Waals surface area (Å²) < 4.78 is 15.2. The topological polar surface area (TPSA) is 94.6 Å². The third kappa shape index (κ3) is 3.22. The van der Waals surface area contributed by atoms with Gasteiger partial charge in [-0.2, -0.15) is 0 Å². The fourth-order valence-electron chi connectivity index (χ4n) is 1.76. The highest BCUT2D eigenvalue weighted by atomic mass is 16.6. The van der Waals surface area contributed by atoms with Crippen molar-refractivity contribution in [1.82, 2.24) is 15.4 Å². The summed E-state index contributed by atoms with van der Waals surface area (Å²) >= 11 is 0. The Bertz CT molecular complexity index is 647. The predicted molar refractivity (Wildman–Crippen MR) is 76.4 cm³/mol. The van der Waals surface area contributed by atoms with Gasteiger partial charge in [-0.05, 0) is 13.0 Å². The maximum absolute atomic E-state index is 11.3. The van der Waals surface area contributed by atoms with Crippen LogP contribution in [-0.2, 0) is 4.74 Å². The van der Waals surface area contributed by atoms with E-state index < -0.39 is 6.09 Å². The van der Waals surface area contributed by atoms with Gasteiger partial charge in [0.15, 0.2) is 17.3 Å². The van der Waals surface area contributed by atoms with Crippen LogP contribution in [0.5, 0.6) is 11.5 Å². The minimum Gasteiger partial charge on any atom is -0.493 e. The minimum atomic E-state index is -0.593. The third-order valence-corrected chi connectivity index (χ3v) is 2.70. The average Bonchev–Trinajstić information content (AvgIpc) is 2.51. The van der Waals surface area contributed by atoms with Crippen molar-refractivity contribution in [2.75, 3.05) is 26.3 Å². The third-order valence-electron chi connectivity index (χ3n) is 2.70. The molecule has 0 fully saturated rings. The van der Waals surface area contributed by atoms with E-state index in [-0.39, 0.29) is 6.61 Å². The fourth-order valence-corrected chi connectivity index (χ4v) is 1.76. The molecule has 1 aromatic heterocycles. The van der Waals surface area contributed by atoms with Crippen LogP contribution < -0.4 is 20.3 Å². The van der Waals surface area contributed by atoms with Crippen molar-refractivity contribution < 1.29 is 19.0 Å². The number of hydrogen-bond donors (Lipinski definition) is 2. The number of amides is 1. The van der Waals surface area contributed by atoms with Gasteiger partial charge in [-0.1, -0.05) is 0 Å². The first-order chi connectivity index (χ1) is 10.2. The molecule has 0 spiro atoms. The highest BCUT2D eigenvalue weighted by Crippen LogP contribution is 2.33. The van der Waals surface area contributed by atoms with Crippen molar-refractivity contribution in [3.05, 3.63) is 18.5 Å². The van der Waals surface area contributed by atoms with Crippen molar-refractivity contribution in [3.8, 4) is 11.5 Å². The van der Waals surface area contributed by atoms with E-state index in [1.807, 2.05) is 0 Å². The molecule has 2 aromatic rings. The molecule has 1 amide bonds. The minimum absolute atomic E-state index is 0.281. The van der Waals surface area contributed by atoms with Crippen molar-refractivity contribution in [2.24, 2.45) is 0 Å². The molecule has 8 heteroatoms. The van der Waals surface area contributed by atoms with Crippen LogP contribution in [0.4, 0.5) is 10.6 Å². The smallest absolute Gasteiger partial charge is 0.425 e. The van der Waals surface area contributed by atoms with Crippen molar-refractivity contribution >= 4 is 22.8 Å². The van der Waals surface area contributed by atoms with Crippen LogP contribution in [-0.4, -0.2) is 36.9 Å². The number of rotatable bonds is 5. The molecule has 1 aromatic carbocycles.